The highest BCUT2D eigenvalue weighted by atomic mass is 35.5. The summed E-state index contributed by atoms with van der Waals surface area (Å²) in [6.07, 6.45) is 0.974. The van der Waals surface area contributed by atoms with Crippen LogP contribution in [-0.4, -0.2) is 15.6 Å². The predicted molar refractivity (Wildman–Crippen MR) is 68.4 cm³/mol. The van der Waals surface area contributed by atoms with Crippen molar-refractivity contribution in [3.8, 4) is 5.75 Å². The molecular weight excluding hydrogens is 302 g/mol. The number of phosphoric acid groups is 1. The second kappa shape index (κ2) is 6.04. The highest BCUT2D eigenvalue weighted by Crippen LogP contribution is 2.43. The van der Waals surface area contributed by atoms with Crippen LogP contribution in [-0.2, 0) is 4.57 Å². The monoisotopic (exact) mass is 312 g/mol. The summed E-state index contributed by atoms with van der Waals surface area (Å²) in [5.41, 5.74) is 0.210. The first kappa shape index (κ1) is 15.5. The molecule has 1 rings (SSSR count). The molecule has 100 valence electrons. The topological polar surface area (TPSA) is 83.8 Å². The fraction of sp³-hybridized carbons (Fsp3) is 0.300. The Morgan fingerprint density at radius 3 is 2.44 bits per heavy atom. The maximum absolute atomic E-state index is 11.7. The quantitative estimate of drug-likeness (QED) is 0.642. The summed E-state index contributed by atoms with van der Waals surface area (Å²) >= 11 is 11.7. The molecule has 0 heterocycles. The van der Waals surface area contributed by atoms with Crippen molar-refractivity contribution in [2.75, 3.05) is 0 Å². The van der Waals surface area contributed by atoms with Crippen LogP contribution >= 0.6 is 31.0 Å². The van der Waals surface area contributed by atoms with Gasteiger partial charge in [0.25, 0.3) is 0 Å². The van der Waals surface area contributed by atoms with Gasteiger partial charge in [-0.25, -0.2) is 4.57 Å². The van der Waals surface area contributed by atoms with E-state index in [1.165, 1.54) is 12.1 Å². The Kier molecular flexibility index (Phi) is 5.20. The lowest BCUT2D eigenvalue weighted by atomic mass is 10.1. The van der Waals surface area contributed by atoms with Crippen molar-refractivity contribution >= 4 is 36.8 Å². The Bertz CT molecular complexity index is 511. The smallest absolute Gasteiger partial charge is 0.403 e. The molecular formula is C10H11Cl2O5P. The number of rotatable bonds is 5. The van der Waals surface area contributed by atoms with Gasteiger partial charge in [0.2, 0.25) is 0 Å². The van der Waals surface area contributed by atoms with Crippen LogP contribution in [0.2, 0.25) is 10.0 Å². The molecule has 18 heavy (non-hydrogen) atoms. The third kappa shape index (κ3) is 3.97. The molecule has 0 unspecified atom stereocenters. The van der Waals surface area contributed by atoms with E-state index in [4.69, 9.17) is 33.0 Å². The minimum Gasteiger partial charge on any atom is -0.403 e. The lowest BCUT2D eigenvalue weighted by molar-refractivity contribution is 0.0982. The van der Waals surface area contributed by atoms with Gasteiger partial charge in [0.15, 0.2) is 11.5 Å². The summed E-state index contributed by atoms with van der Waals surface area (Å²) < 4.78 is 15.0. The van der Waals surface area contributed by atoms with Crippen molar-refractivity contribution in [1.29, 1.82) is 0 Å². The van der Waals surface area contributed by atoms with E-state index in [0.717, 1.165) is 0 Å². The van der Waals surface area contributed by atoms with E-state index in [1.54, 1.807) is 0 Å². The van der Waals surface area contributed by atoms with Gasteiger partial charge in [0.05, 0.1) is 5.02 Å². The summed E-state index contributed by atoms with van der Waals surface area (Å²) in [4.78, 5) is 29.0. The normalized spacial score (nSPS) is 11.4. The second-order valence-corrected chi connectivity index (χ2v) is 5.41. The van der Waals surface area contributed by atoms with Crippen LogP contribution in [0.1, 0.15) is 30.1 Å². The maximum Gasteiger partial charge on any atom is 0.524 e. The SMILES string of the molecule is CCCC(=O)c1ccc(OP(=O)(O)O)c(Cl)c1Cl. The van der Waals surface area contributed by atoms with Gasteiger partial charge >= 0.3 is 7.82 Å². The molecule has 0 bridgehead atoms. The van der Waals surface area contributed by atoms with Crippen molar-refractivity contribution < 1.29 is 23.7 Å². The molecule has 5 nitrogen and oxygen atoms in total. The van der Waals surface area contributed by atoms with Gasteiger partial charge in [-0.3, -0.25) is 14.6 Å². The average Bonchev–Trinajstić information content (AvgIpc) is 2.23. The number of phosphoric ester groups is 1. The van der Waals surface area contributed by atoms with Crippen LogP contribution in [0.3, 0.4) is 0 Å². The third-order valence-electron chi connectivity index (χ3n) is 2.04. The molecule has 0 radical (unpaired) electrons. The van der Waals surface area contributed by atoms with Crippen LogP contribution in [0.5, 0.6) is 5.75 Å². The van der Waals surface area contributed by atoms with Crippen LogP contribution in [0.25, 0.3) is 0 Å². The van der Waals surface area contributed by atoms with E-state index in [2.05, 4.69) is 4.52 Å². The van der Waals surface area contributed by atoms with Gasteiger partial charge in [-0.05, 0) is 18.6 Å². The number of hydrogen-bond acceptors (Lipinski definition) is 3. The summed E-state index contributed by atoms with van der Waals surface area (Å²) in [7, 11) is -4.71. The molecule has 0 atom stereocenters. The van der Waals surface area contributed by atoms with Crippen LogP contribution < -0.4 is 4.52 Å². The largest absolute Gasteiger partial charge is 0.524 e. The minimum atomic E-state index is -4.71. The number of benzene rings is 1. The molecule has 0 aromatic heterocycles. The van der Waals surface area contributed by atoms with Crippen LogP contribution in [0.4, 0.5) is 0 Å². The number of carbonyl (C=O) groups is 1. The molecule has 0 amide bonds. The number of ketones is 1. The minimum absolute atomic E-state index is 0.0685. The number of hydrogen-bond donors (Lipinski definition) is 2. The Hall–Kier alpha value is -0.580. The third-order valence-corrected chi connectivity index (χ3v) is 3.34. The molecule has 0 aliphatic heterocycles. The number of carbonyl (C=O) groups excluding carboxylic acids is 1. The van der Waals surface area contributed by atoms with Gasteiger partial charge in [-0.1, -0.05) is 30.1 Å². The van der Waals surface area contributed by atoms with Crippen molar-refractivity contribution in [3.05, 3.63) is 27.7 Å². The molecule has 0 saturated heterocycles. The molecule has 0 fully saturated rings. The molecule has 1 aromatic carbocycles. The van der Waals surface area contributed by atoms with Gasteiger partial charge in [-0.15, -0.1) is 0 Å². The predicted octanol–water partition coefficient (Wildman–Crippen LogP) is 3.45. The molecule has 0 spiro atoms. The Morgan fingerprint density at radius 2 is 1.94 bits per heavy atom. The Morgan fingerprint density at radius 1 is 1.33 bits per heavy atom. The summed E-state index contributed by atoms with van der Waals surface area (Å²) in [5.74, 6) is -0.449. The van der Waals surface area contributed by atoms with Crippen LogP contribution in [0, 0.1) is 0 Å². The summed E-state index contributed by atoms with van der Waals surface area (Å²) in [6.45, 7) is 1.85. The highest BCUT2D eigenvalue weighted by Gasteiger charge is 2.22. The average molecular weight is 313 g/mol. The van der Waals surface area contributed by atoms with Gasteiger partial charge in [0.1, 0.15) is 5.02 Å². The summed E-state index contributed by atoms with van der Waals surface area (Å²) in [6, 6.07) is 2.54. The van der Waals surface area contributed by atoms with E-state index in [0.29, 0.717) is 12.8 Å². The standard InChI is InChI=1S/C10H11Cl2O5P/c1-2-3-7(13)6-4-5-8(10(12)9(6)11)17-18(14,15)16/h4-5H,2-3H2,1H3,(H2,14,15,16). The van der Waals surface area contributed by atoms with Crippen molar-refractivity contribution in [2.45, 2.75) is 19.8 Å². The van der Waals surface area contributed by atoms with E-state index in [9.17, 15) is 9.36 Å². The first-order valence-electron chi connectivity index (χ1n) is 5.02. The maximum atomic E-state index is 11.7. The second-order valence-electron chi connectivity index (χ2n) is 3.49. The fourth-order valence-corrected chi connectivity index (χ4v) is 2.23. The van der Waals surface area contributed by atoms with Crippen molar-refractivity contribution in [3.63, 3.8) is 0 Å². The molecule has 8 heteroatoms. The molecule has 0 aliphatic rings. The van der Waals surface area contributed by atoms with Gasteiger partial charge < -0.3 is 4.52 Å². The van der Waals surface area contributed by atoms with Crippen LogP contribution in [0.15, 0.2) is 12.1 Å². The zero-order valence-corrected chi connectivity index (χ0v) is 11.8. The van der Waals surface area contributed by atoms with E-state index in [1.807, 2.05) is 6.92 Å². The number of halogens is 2. The van der Waals surface area contributed by atoms with Gasteiger partial charge in [-0.2, -0.15) is 0 Å². The molecule has 2 N–H and O–H groups in total. The lowest BCUT2D eigenvalue weighted by Gasteiger charge is -2.11. The van der Waals surface area contributed by atoms with Gasteiger partial charge in [0, 0.05) is 12.0 Å². The van der Waals surface area contributed by atoms with E-state index in [-0.39, 0.29) is 27.1 Å². The highest BCUT2D eigenvalue weighted by molar-refractivity contribution is 7.46. The lowest BCUT2D eigenvalue weighted by Crippen LogP contribution is -2.00. The van der Waals surface area contributed by atoms with Crippen molar-refractivity contribution in [2.24, 2.45) is 0 Å². The summed E-state index contributed by atoms with van der Waals surface area (Å²) in [5, 5.41) is -0.261. The number of Topliss-reactive ketones (excluding diaryl/α,β-unsaturated/α-hetero) is 1. The zero-order chi connectivity index (χ0) is 13.9. The zero-order valence-electron chi connectivity index (χ0n) is 9.39. The molecule has 1 aromatic rings. The Labute approximate surface area is 114 Å². The molecule has 0 aliphatic carbocycles. The van der Waals surface area contributed by atoms with E-state index >= 15 is 0 Å². The molecule has 0 saturated carbocycles. The first-order chi connectivity index (χ1) is 8.26. The Balaban J connectivity index is 3.13. The fourth-order valence-electron chi connectivity index (χ4n) is 1.31. The van der Waals surface area contributed by atoms with Crippen molar-refractivity contribution in [1.82, 2.24) is 0 Å². The van der Waals surface area contributed by atoms with E-state index < -0.39 is 7.82 Å². The first-order valence-corrected chi connectivity index (χ1v) is 7.31.